The fourth-order valence-electron chi connectivity index (χ4n) is 1.92. The lowest BCUT2D eigenvalue weighted by Gasteiger charge is -2.15. The molecule has 118 valence electrons. The summed E-state index contributed by atoms with van der Waals surface area (Å²) < 4.78 is 27.9. The van der Waals surface area contributed by atoms with Crippen LogP contribution in [-0.4, -0.2) is 38.0 Å². The highest BCUT2D eigenvalue weighted by molar-refractivity contribution is 7.90. The van der Waals surface area contributed by atoms with Crippen molar-refractivity contribution in [3.63, 3.8) is 0 Å². The average molecular weight is 316 g/mol. The first-order valence-electron chi connectivity index (χ1n) is 6.59. The molecule has 21 heavy (non-hydrogen) atoms. The molecule has 7 nitrogen and oxygen atoms in total. The lowest BCUT2D eigenvalue weighted by Crippen LogP contribution is -2.25. The van der Waals surface area contributed by atoms with E-state index >= 15 is 0 Å². The number of para-hydroxylation sites is 1. The van der Waals surface area contributed by atoms with Crippen LogP contribution in [0.3, 0.4) is 0 Å². The fraction of sp³-hybridized carbons (Fsp3) is 0.538. The Morgan fingerprint density at radius 3 is 2.62 bits per heavy atom. The van der Waals surface area contributed by atoms with Crippen LogP contribution in [0.15, 0.2) is 18.2 Å². The van der Waals surface area contributed by atoms with Crippen molar-refractivity contribution in [2.24, 2.45) is 0 Å². The highest BCUT2D eigenvalue weighted by Crippen LogP contribution is 2.35. The highest BCUT2D eigenvalue weighted by atomic mass is 32.2. The molecule has 8 heteroatoms. The van der Waals surface area contributed by atoms with Crippen molar-refractivity contribution in [1.29, 1.82) is 0 Å². The van der Waals surface area contributed by atoms with Crippen LogP contribution in [0.4, 0.5) is 11.4 Å². The van der Waals surface area contributed by atoms with Crippen molar-refractivity contribution >= 4 is 21.2 Å². The third-order valence-corrected chi connectivity index (χ3v) is 3.70. The number of nitrogens with one attached hydrogen (secondary N) is 1. The van der Waals surface area contributed by atoms with Crippen LogP contribution < -0.4 is 10.1 Å². The number of hydrogen-bond acceptors (Lipinski definition) is 6. The summed E-state index contributed by atoms with van der Waals surface area (Å²) in [6, 6.07) is 4.25. The van der Waals surface area contributed by atoms with Gasteiger partial charge in [-0.15, -0.1) is 0 Å². The molecule has 0 fully saturated rings. The molecule has 0 bridgehead atoms. The molecule has 0 saturated carbocycles. The maximum Gasteiger partial charge on any atom is 0.333 e. The van der Waals surface area contributed by atoms with Gasteiger partial charge in [-0.1, -0.05) is 13.0 Å². The molecule has 0 amide bonds. The van der Waals surface area contributed by atoms with Crippen LogP contribution in [0.2, 0.25) is 0 Å². The van der Waals surface area contributed by atoms with Gasteiger partial charge in [-0.3, -0.25) is 10.1 Å². The number of nitrogens with zero attached hydrogens (tertiary/aromatic N) is 1. The summed E-state index contributed by atoms with van der Waals surface area (Å²) in [5.74, 6) is 0.0721. The van der Waals surface area contributed by atoms with Gasteiger partial charge in [0, 0.05) is 12.3 Å². The van der Waals surface area contributed by atoms with Gasteiger partial charge in [0.25, 0.3) is 0 Å². The van der Waals surface area contributed by atoms with E-state index in [4.69, 9.17) is 4.74 Å². The fourth-order valence-corrected chi connectivity index (χ4v) is 2.91. The Hall–Kier alpha value is -1.83. The number of anilines is 1. The van der Waals surface area contributed by atoms with Gasteiger partial charge in [0.05, 0.1) is 17.3 Å². The minimum Gasteiger partial charge on any atom is -0.487 e. The zero-order valence-electron chi connectivity index (χ0n) is 12.3. The van der Waals surface area contributed by atoms with Crippen molar-refractivity contribution < 1.29 is 18.1 Å². The summed E-state index contributed by atoms with van der Waals surface area (Å²) in [4.78, 5) is 10.7. The molecule has 0 heterocycles. The highest BCUT2D eigenvalue weighted by Gasteiger charge is 2.22. The lowest BCUT2D eigenvalue weighted by atomic mass is 10.2. The number of rotatable bonds is 8. The van der Waals surface area contributed by atoms with Gasteiger partial charge in [-0.05, 0) is 25.5 Å². The zero-order chi connectivity index (χ0) is 16.0. The number of benzene rings is 1. The molecule has 0 aliphatic heterocycles. The Labute approximate surface area is 124 Å². The maximum absolute atomic E-state index is 11.3. The van der Waals surface area contributed by atoms with Gasteiger partial charge < -0.3 is 10.1 Å². The third kappa shape index (κ3) is 5.58. The quantitative estimate of drug-likeness (QED) is 0.583. The summed E-state index contributed by atoms with van der Waals surface area (Å²) in [6.45, 7) is 3.94. The van der Waals surface area contributed by atoms with E-state index in [-0.39, 0.29) is 22.9 Å². The molecule has 1 aromatic rings. The van der Waals surface area contributed by atoms with E-state index in [1.807, 2.05) is 6.92 Å². The lowest BCUT2D eigenvalue weighted by molar-refractivity contribution is -0.385. The van der Waals surface area contributed by atoms with Crippen LogP contribution >= 0.6 is 0 Å². The van der Waals surface area contributed by atoms with Crippen LogP contribution in [0.1, 0.15) is 20.3 Å². The van der Waals surface area contributed by atoms with Crippen molar-refractivity contribution in [1.82, 2.24) is 0 Å². The van der Waals surface area contributed by atoms with Crippen molar-refractivity contribution in [2.75, 3.05) is 23.9 Å². The second-order valence-corrected chi connectivity index (χ2v) is 7.08. The third-order valence-electron chi connectivity index (χ3n) is 2.60. The standard InChI is InChI=1S/C13H20N2O5S/c1-4-8-20-12-7-5-6-11(13(12)15(16)17)14-10(2)9-21(3,18)19/h5-7,10,14H,4,8-9H2,1-3H3. The van der Waals surface area contributed by atoms with Crippen molar-refractivity contribution in [3.8, 4) is 5.75 Å². The van der Waals surface area contributed by atoms with Crippen LogP contribution in [0, 0.1) is 10.1 Å². The molecule has 1 unspecified atom stereocenters. The largest absolute Gasteiger partial charge is 0.487 e. The molecule has 0 aliphatic rings. The van der Waals surface area contributed by atoms with Crippen LogP contribution in [0.25, 0.3) is 0 Å². The average Bonchev–Trinajstić information content (AvgIpc) is 2.33. The first kappa shape index (κ1) is 17.2. The number of hydrogen-bond donors (Lipinski definition) is 1. The summed E-state index contributed by atoms with van der Waals surface area (Å²) in [7, 11) is -3.16. The van der Waals surface area contributed by atoms with Crippen LogP contribution in [0.5, 0.6) is 5.75 Å². The molecule has 0 spiro atoms. The normalized spacial score (nSPS) is 12.7. The predicted molar refractivity (Wildman–Crippen MR) is 81.7 cm³/mol. The SMILES string of the molecule is CCCOc1cccc(NC(C)CS(C)(=O)=O)c1[N+](=O)[O-]. The van der Waals surface area contributed by atoms with Gasteiger partial charge in [0.2, 0.25) is 0 Å². The second-order valence-electron chi connectivity index (χ2n) is 4.90. The molecule has 1 N–H and O–H groups in total. The van der Waals surface area contributed by atoms with E-state index < -0.39 is 20.8 Å². The topological polar surface area (TPSA) is 98.5 Å². The molecule has 1 aromatic carbocycles. The van der Waals surface area contributed by atoms with E-state index in [0.717, 1.165) is 12.7 Å². The van der Waals surface area contributed by atoms with Gasteiger partial charge >= 0.3 is 5.69 Å². The first-order chi connectivity index (χ1) is 9.74. The Bertz CT molecular complexity index is 601. The van der Waals surface area contributed by atoms with Crippen LogP contribution in [-0.2, 0) is 9.84 Å². The Kier molecular flexibility index (Phi) is 5.95. The van der Waals surface area contributed by atoms with Crippen molar-refractivity contribution in [3.05, 3.63) is 28.3 Å². The van der Waals surface area contributed by atoms with E-state index in [1.165, 1.54) is 12.1 Å². The molecule has 1 rings (SSSR count). The monoisotopic (exact) mass is 316 g/mol. The molecule has 0 aromatic heterocycles. The number of nitro groups is 1. The van der Waals surface area contributed by atoms with Gasteiger partial charge in [0.1, 0.15) is 15.5 Å². The number of nitro benzene ring substituents is 1. The predicted octanol–water partition coefficient (Wildman–Crippen LogP) is 2.23. The Morgan fingerprint density at radius 1 is 1.43 bits per heavy atom. The summed E-state index contributed by atoms with van der Waals surface area (Å²) in [5.41, 5.74) is 0.0797. The van der Waals surface area contributed by atoms with Gasteiger partial charge in [-0.25, -0.2) is 8.42 Å². The smallest absolute Gasteiger partial charge is 0.333 e. The van der Waals surface area contributed by atoms with Gasteiger partial charge in [0.15, 0.2) is 5.75 Å². The van der Waals surface area contributed by atoms with Gasteiger partial charge in [-0.2, -0.15) is 0 Å². The summed E-state index contributed by atoms with van der Waals surface area (Å²) in [5, 5.41) is 14.1. The molecule has 0 aliphatic carbocycles. The molecule has 1 atom stereocenters. The Morgan fingerprint density at radius 2 is 2.10 bits per heavy atom. The number of sulfone groups is 1. The second kappa shape index (κ2) is 7.26. The maximum atomic E-state index is 11.3. The van der Waals surface area contributed by atoms with E-state index in [2.05, 4.69) is 5.32 Å². The summed E-state index contributed by atoms with van der Waals surface area (Å²) >= 11 is 0. The molecular formula is C13H20N2O5S. The number of ether oxygens (including phenoxy) is 1. The van der Waals surface area contributed by atoms with Crippen molar-refractivity contribution in [2.45, 2.75) is 26.3 Å². The summed E-state index contributed by atoms with van der Waals surface area (Å²) in [6.07, 6.45) is 1.86. The van der Waals surface area contributed by atoms with E-state index in [9.17, 15) is 18.5 Å². The van der Waals surface area contributed by atoms with E-state index in [1.54, 1.807) is 13.0 Å². The zero-order valence-corrected chi connectivity index (χ0v) is 13.1. The first-order valence-corrected chi connectivity index (χ1v) is 8.65. The minimum atomic E-state index is -3.16. The minimum absolute atomic E-state index is 0.107. The Balaban J connectivity index is 3.03. The van der Waals surface area contributed by atoms with E-state index in [0.29, 0.717) is 6.61 Å². The molecule has 0 saturated heterocycles. The molecule has 0 radical (unpaired) electrons. The molecular weight excluding hydrogens is 296 g/mol.